The molecule has 1 fully saturated rings. The molecule has 2 amide bonds. The van der Waals surface area contributed by atoms with Gasteiger partial charge < -0.3 is 50.1 Å². The summed E-state index contributed by atoms with van der Waals surface area (Å²) in [6, 6.07) is 0. The number of nitrogens with two attached hydrogens (primary N) is 1. The summed E-state index contributed by atoms with van der Waals surface area (Å²) in [6.45, 7) is 11.2. The van der Waals surface area contributed by atoms with Crippen molar-refractivity contribution in [2.75, 3.05) is 113 Å². The first kappa shape index (κ1) is 44.2. The van der Waals surface area contributed by atoms with Crippen LogP contribution in [0.15, 0.2) is 11.6 Å². The number of amides is 2. The van der Waals surface area contributed by atoms with E-state index in [0.717, 1.165) is 13.1 Å². The lowest BCUT2D eigenvalue weighted by Gasteiger charge is -2.15. The first-order chi connectivity index (χ1) is 21.5. The first-order valence-electron chi connectivity index (χ1n) is 16.0. The number of carbonyl (C=O) groups is 3. The van der Waals surface area contributed by atoms with Gasteiger partial charge in [-0.2, -0.15) is 0 Å². The normalized spacial score (nSPS) is 11.8. The predicted octanol–water partition coefficient (Wildman–Crippen LogP) is 1.38. The number of Topliss-reactive ketones (excluding diaryl/α,β-unsaturated/α-hetero) is 1. The second-order valence-corrected chi connectivity index (χ2v) is 9.50. The first-order valence-corrected chi connectivity index (χ1v) is 16.0. The van der Waals surface area contributed by atoms with Gasteiger partial charge in [-0.15, -0.1) is 0 Å². The minimum Gasteiger partial charge on any atom is -0.378 e. The van der Waals surface area contributed by atoms with E-state index in [1.807, 2.05) is 20.9 Å². The van der Waals surface area contributed by atoms with Crippen molar-refractivity contribution < 1.29 is 42.8 Å². The molecule has 0 unspecified atom stereocenters. The largest absolute Gasteiger partial charge is 0.378 e. The Hall–Kier alpha value is -1.97. The number of ether oxygens (including phenoxy) is 6. The van der Waals surface area contributed by atoms with E-state index in [4.69, 9.17) is 34.2 Å². The van der Waals surface area contributed by atoms with Crippen LogP contribution in [-0.2, 0) is 42.8 Å². The van der Waals surface area contributed by atoms with Crippen molar-refractivity contribution >= 4 is 17.6 Å². The van der Waals surface area contributed by atoms with Crippen LogP contribution < -0.4 is 21.7 Å². The lowest BCUT2D eigenvalue weighted by Crippen LogP contribution is -2.32. The van der Waals surface area contributed by atoms with Crippen molar-refractivity contribution in [1.82, 2.24) is 16.0 Å². The molecule has 1 aliphatic rings. The molecule has 1 rings (SSSR count). The number of rotatable bonds is 28. The van der Waals surface area contributed by atoms with Crippen LogP contribution in [0, 0.1) is 0 Å². The molecule has 1 aliphatic carbocycles. The van der Waals surface area contributed by atoms with Crippen molar-refractivity contribution in [3.63, 3.8) is 0 Å². The predicted molar refractivity (Wildman–Crippen MR) is 172 cm³/mol. The second-order valence-electron chi connectivity index (χ2n) is 9.50. The highest BCUT2D eigenvalue weighted by Crippen LogP contribution is 2.25. The Morgan fingerprint density at radius 3 is 1.55 bits per heavy atom. The summed E-state index contributed by atoms with van der Waals surface area (Å²) >= 11 is 0. The zero-order chi connectivity index (χ0) is 32.9. The van der Waals surface area contributed by atoms with E-state index in [1.54, 1.807) is 5.57 Å². The summed E-state index contributed by atoms with van der Waals surface area (Å²) in [5, 5.41) is 8.29. The number of hydrogen-bond acceptors (Lipinski definition) is 11. The quantitative estimate of drug-likeness (QED) is 0.0725. The maximum Gasteiger partial charge on any atom is 0.246 e. The van der Waals surface area contributed by atoms with Crippen molar-refractivity contribution in [3.05, 3.63) is 11.6 Å². The number of hydrogen-bond donors (Lipinski definition) is 4. The Morgan fingerprint density at radius 2 is 1.14 bits per heavy atom. The summed E-state index contributed by atoms with van der Waals surface area (Å²) in [5.41, 5.74) is 7.05. The summed E-state index contributed by atoms with van der Waals surface area (Å²) in [5.74, 6) is -0.501. The average Bonchev–Trinajstić information content (AvgIpc) is 2.99. The summed E-state index contributed by atoms with van der Waals surface area (Å²) in [6.07, 6.45) is 10.3. The summed E-state index contributed by atoms with van der Waals surface area (Å²) in [4.78, 5) is 33.8. The minimum absolute atomic E-state index is 0.0215. The molecule has 0 aliphatic heterocycles. The van der Waals surface area contributed by atoms with Crippen LogP contribution >= 0.6 is 0 Å². The number of carbonyl (C=O) groups excluding carboxylic acids is 3. The molecule has 13 nitrogen and oxygen atoms in total. The van der Waals surface area contributed by atoms with Crippen molar-refractivity contribution in [3.8, 4) is 0 Å². The van der Waals surface area contributed by atoms with Crippen LogP contribution in [0.2, 0.25) is 0 Å². The molecule has 1 saturated carbocycles. The molecule has 5 N–H and O–H groups in total. The molecule has 260 valence electrons. The number of nitrogens with one attached hydrogen (secondary N) is 3. The SMILES string of the molecule is CC.CNCCOCCOCC(=O)NCCOCCOCC(=O)NCCOCCOCC(C)=O.NCCCCC=C1CCC1. The van der Waals surface area contributed by atoms with Crippen molar-refractivity contribution in [1.29, 1.82) is 0 Å². The fourth-order valence-corrected chi connectivity index (χ4v) is 3.19. The maximum absolute atomic E-state index is 11.6. The number of ketones is 1. The Labute approximate surface area is 265 Å². The second kappa shape index (κ2) is 37.2. The van der Waals surface area contributed by atoms with Crippen molar-refractivity contribution in [2.24, 2.45) is 5.73 Å². The van der Waals surface area contributed by atoms with E-state index in [0.29, 0.717) is 65.9 Å². The fourth-order valence-electron chi connectivity index (χ4n) is 3.19. The monoisotopic (exact) mass is 634 g/mol. The van der Waals surface area contributed by atoms with Gasteiger partial charge >= 0.3 is 0 Å². The number of unbranched alkanes of at least 4 members (excludes halogenated alkanes) is 2. The van der Waals surface area contributed by atoms with Gasteiger partial charge in [-0.3, -0.25) is 14.4 Å². The summed E-state index contributed by atoms with van der Waals surface area (Å²) in [7, 11) is 1.85. The molecule has 0 bridgehead atoms. The third-order valence-corrected chi connectivity index (χ3v) is 5.61. The molecule has 0 saturated heterocycles. The van der Waals surface area contributed by atoms with Gasteiger partial charge in [0.2, 0.25) is 11.8 Å². The van der Waals surface area contributed by atoms with E-state index in [1.165, 1.54) is 45.4 Å². The Kier molecular flexibility index (Phi) is 37.4. The van der Waals surface area contributed by atoms with Crippen LogP contribution in [0.25, 0.3) is 0 Å². The van der Waals surface area contributed by atoms with Gasteiger partial charge in [-0.1, -0.05) is 25.5 Å². The number of allylic oxidation sites excluding steroid dienone is 2. The molecule has 13 heteroatoms. The molecule has 0 aromatic rings. The van der Waals surface area contributed by atoms with Gasteiger partial charge in [0.05, 0.1) is 59.5 Å². The van der Waals surface area contributed by atoms with Gasteiger partial charge in [0.25, 0.3) is 0 Å². The highest BCUT2D eigenvalue weighted by Gasteiger charge is 2.06. The Balaban J connectivity index is 0. The van der Waals surface area contributed by atoms with E-state index >= 15 is 0 Å². The Bertz CT molecular complexity index is 691. The molecule has 0 aromatic carbocycles. The molecular formula is C31H62N4O9. The molecule has 0 heterocycles. The minimum atomic E-state index is -0.249. The van der Waals surface area contributed by atoms with Gasteiger partial charge in [0.15, 0.2) is 5.78 Å². The summed E-state index contributed by atoms with van der Waals surface area (Å²) < 4.78 is 31.3. The third-order valence-electron chi connectivity index (χ3n) is 5.61. The molecular weight excluding hydrogens is 572 g/mol. The molecule has 0 aromatic heterocycles. The highest BCUT2D eigenvalue weighted by molar-refractivity contribution is 5.77. The van der Waals surface area contributed by atoms with Gasteiger partial charge in [-0.25, -0.2) is 0 Å². The fraction of sp³-hybridized carbons (Fsp3) is 0.839. The topological polar surface area (TPSA) is 169 Å². The third kappa shape index (κ3) is 36.2. The van der Waals surface area contributed by atoms with Crippen LogP contribution in [0.3, 0.4) is 0 Å². The number of likely N-dealkylation sites (N-methyl/N-ethyl adjacent to an activating group) is 1. The lowest BCUT2D eigenvalue weighted by atomic mass is 9.91. The van der Waals surface area contributed by atoms with E-state index < -0.39 is 0 Å². The zero-order valence-corrected chi connectivity index (χ0v) is 27.9. The zero-order valence-electron chi connectivity index (χ0n) is 27.9. The van der Waals surface area contributed by atoms with E-state index in [2.05, 4.69) is 22.0 Å². The Morgan fingerprint density at radius 1 is 0.682 bits per heavy atom. The molecule has 0 spiro atoms. The molecule has 0 radical (unpaired) electrons. The van der Waals surface area contributed by atoms with E-state index in [-0.39, 0.29) is 44.0 Å². The molecule has 44 heavy (non-hydrogen) atoms. The van der Waals surface area contributed by atoms with Gasteiger partial charge in [0.1, 0.15) is 19.8 Å². The standard InChI is InChI=1S/C20H39N3O9.C9H17N.C2H6/c1-18(24)15-30-12-9-28-7-4-22-20(26)17-32-14-11-29-8-5-23-19(25)16-31-13-10-27-6-3-21-2;10-8-3-1-2-5-9-6-4-7-9;1-2/h21H,3-17H2,1-2H3,(H,22,26)(H,23,25);5H,1-4,6-8,10H2;1-2H3. The molecule has 0 atom stereocenters. The van der Waals surface area contributed by atoms with Crippen LogP contribution in [0.1, 0.15) is 59.3 Å². The maximum atomic E-state index is 11.6. The highest BCUT2D eigenvalue weighted by atomic mass is 16.5. The van der Waals surface area contributed by atoms with Crippen LogP contribution in [-0.4, -0.2) is 130 Å². The smallest absolute Gasteiger partial charge is 0.246 e. The average molecular weight is 635 g/mol. The van der Waals surface area contributed by atoms with Gasteiger partial charge in [0, 0.05) is 19.6 Å². The van der Waals surface area contributed by atoms with E-state index in [9.17, 15) is 14.4 Å². The van der Waals surface area contributed by atoms with Crippen molar-refractivity contribution in [2.45, 2.75) is 59.3 Å². The lowest BCUT2D eigenvalue weighted by molar-refractivity contribution is -0.127. The van der Waals surface area contributed by atoms with Gasteiger partial charge in [-0.05, 0) is 59.0 Å². The van der Waals surface area contributed by atoms with Crippen LogP contribution in [0.4, 0.5) is 0 Å². The van der Waals surface area contributed by atoms with Crippen LogP contribution in [0.5, 0.6) is 0 Å².